The van der Waals surface area contributed by atoms with Crippen LogP contribution in [-0.4, -0.2) is 54.8 Å². The molecule has 0 saturated carbocycles. The Labute approximate surface area is 196 Å². The zero-order valence-electron chi connectivity index (χ0n) is 17.2. The third-order valence-electron chi connectivity index (χ3n) is 4.59. The first-order valence-electron chi connectivity index (χ1n) is 9.67. The van der Waals surface area contributed by atoms with Gasteiger partial charge >= 0.3 is 0 Å². The molecular formula is C22H25IN2O4S. The van der Waals surface area contributed by atoms with E-state index in [4.69, 9.17) is 26.4 Å². The van der Waals surface area contributed by atoms with Crippen LogP contribution < -0.4 is 14.8 Å². The molecule has 1 saturated heterocycles. The normalized spacial score (nSPS) is 18.6. The molecule has 0 spiro atoms. The lowest BCUT2D eigenvalue weighted by molar-refractivity contribution is -0.118. The summed E-state index contributed by atoms with van der Waals surface area (Å²) < 4.78 is 17.9. The smallest absolute Gasteiger partial charge is 0.262 e. The molecule has 2 aromatic carbocycles. The lowest BCUT2D eigenvalue weighted by Gasteiger charge is -2.37. The third kappa shape index (κ3) is 5.83. The van der Waals surface area contributed by atoms with E-state index in [-0.39, 0.29) is 24.7 Å². The second-order valence-electron chi connectivity index (χ2n) is 7.16. The first kappa shape index (κ1) is 22.8. The van der Waals surface area contributed by atoms with Crippen molar-refractivity contribution in [2.45, 2.75) is 26.1 Å². The molecule has 0 aliphatic carbocycles. The maximum absolute atomic E-state index is 12.2. The van der Waals surface area contributed by atoms with E-state index in [1.165, 1.54) is 0 Å². The molecule has 2 aromatic rings. The lowest BCUT2D eigenvalue weighted by Crippen LogP contribution is -2.47. The number of hydrogen-bond acceptors (Lipinski definition) is 5. The molecule has 3 rings (SSSR count). The fraction of sp³-hybridized carbons (Fsp3) is 0.364. The van der Waals surface area contributed by atoms with Crippen LogP contribution in [0.1, 0.15) is 19.4 Å². The van der Waals surface area contributed by atoms with Crippen molar-refractivity contribution >= 4 is 51.4 Å². The molecule has 160 valence electrons. The number of carbonyl (C=O) groups excluding carboxylic acids is 1. The summed E-state index contributed by atoms with van der Waals surface area (Å²) in [5.74, 6) is 0.827. The maximum Gasteiger partial charge on any atom is 0.262 e. The second kappa shape index (κ2) is 10.4. The number of carbonyl (C=O) groups is 1. The Bertz CT molecular complexity index is 900. The average Bonchev–Trinajstić information content (AvgIpc) is 2.71. The predicted molar refractivity (Wildman–Crippen MR) is 130 cm³/mol. The Morgan fingerprint density at radius 3 is 2.53 bits per heavy atom. The van der Waals surface area contributed by atoms with Gasteiger partial charge in [0.1, 0.15) is 4.99 Å². The molecule has 1 N–H and O–H groups in total. The molecule has 6 nitrogen and oxygen atoms in total. The van der Waals surface area contributed by atoms with Crippen LogP contribution >= 0.6 is 34.8 Å². The van der Waals surface area contributed by atoms with Crippen LogP contribution in [0.2, 0.25) is 0 Å². The van der Waals surface area contributed by atoms with Gasteiger partial charge in [0, 0.05) is 24.3 Å². The molecule has 8 heteroatoms. The number of thiocarbonyl (C=S) groups is 1. The van der Waals surface area contributed by atoms with Gasteiger partial charge in [0.05, 0.1) is 22.9 Å². The van der Waals surface area contributed by atoms with Crippen LogP contribution in [-0.2, 0) is 9.53 Å². The van der Waals surface area contributed by atoms with Crippen molar-refractivity contribution in [1.82, 2.24) is 4.90 Å². The maximum atomic E-state index is 12.2. The fourth-order valence-electron chi connectivity index (χ4n) is 3.37. The van der Waals surface area contributed by atoms with Gasteiger partial charge in [-0.25, -0.2) is 0 Å². The number of benzene rings is 2. The fourth-order valence-corrected chi connectivity index (χ4v) is 4.39. The monoisotopic (exact) mass is 540 g/mol. The van der Waals surface area contributed by atoms with E-state index in [0.29, 0.717) is 11.5 Å². The van der Waals surface area contributed by atoms with Crippen LogP contribution in [0.25, 0.3) is 0 Å². The standard InChI is InChI=1S/C22H25IN2O4S/c1-14-11-25(12-15(2)29-14)22(30)16-9-18(23)21(19(10-16)27-3)28-13-20(26)24-17-7-5-4-6-8-17/h4-10,14-15H,11-13H2,1-3H3,(H,24,26)/t14-,15-/m1/s1. The van der Waals surface area contributed by atoms with E-state index in [0.717, 1.165) is 32.9 Å². The number of methoxy groups -OCH3 is 1. The number of nitrogens with zero attached hydrogens (tertiary/aromatic N) is 1. The van der Waals surface area contributed by atoms with Gasteiger partial charge in [-0.3, -0.25) is 4.79 Å². The molecule has 0 aromatic heterocycles. The van der Waals surface area contributed by atoms with E-state index in [1.54, 1.807) is 7.11 Å². The van der Waals surface area contributed by atoms with E-state index >= 15 is 0 Å². The Morgan fingerprint density at radius 2 is 1.90 bits per heavy atom. The highest BCUT2D eigenvalue weighted by atomic mass is 127. The molecule has 2 atom stereocenters. The Morgan fingerprint density at radius 1 is 1.23 bits per heavy atom. The van der Waals surface area contributed by atoms with Crippen molar-refractivity contribution in [2.75, 3.05) is 32.1 Å². The van der Waals surface area contributed by atoms with Gasteiger partial charge in [-0.05, 0) is 60.7 Å². The summed E-state index contributed by atoms with van der Waals surface area (Å²) in [5, 5.41) is 2.80. The van der Waals surface area contributed by atoms with Crippen molar-refractivity contribution in [3.05, 3.63) is 51.6 Å². The number of halogens is 1. The highest BCUT2D eigenvalue weighted by Crippen LogP contribution is 2.34. The number of rotatable bonds is 6. The van der Waals surface area contributed by atoms with Crippen molar-refractivity contribution in [3.8, 4) is 11.5 Å². The molecular weight excluding hydrogens is 515 g/mol. The topological polar surface area (TPSA) is 60.0 Å². The number of anilines is 1. The van der Waals surface area contributed by atoms with Gasteiger partial charge < -0.3 is 24.4 Å². The van der Waals surface area contributed by atoms with Crippen LogP contribution in [0, 0.1) is 3.57 Å². The van der Waals surface area contributed by atoms with Gasteiger partial charge in [-0.2, -0.15) is 0 Å². The summed E-state index contributed by atoms with van der Waals surface area (Å²) in [5.41, 5.74) is 1.61. The zero-order chi connectivity index (χ0) is 21.7. The minimum atomic E-state index is -0.241. The van der Waals surface area contributed by atoms with E-state index in [2.05, 4.69) is 32.8 Å². The van der Waals surface area contributed by atoms with Crippen LogP contribution in [0.5, 0.6) is 11.5 Å². The summed E-state index contributed by atoms with van der Waals surface area (Å²) in [6.07, 6.45) is 0.247. The van der Waals surface area contributed by atoms with Crippen molar-refractivity contribution in [3.63, 3.8) is 0 Å². The van der Waals surface area contributed by atoms with Crippen molar-refractivity contribution in [1.29, 1.82) is 0 Å². The Balaban J connectivity index is 1.70. The summed E-state index contributed by atoms with van der Waals surface area (Å²) in [6.45, 7) is 5.48. The molecule has 0 radical (unpaired) electrons. The second-order valence-corrected chi connectivity index (χ2v) is 8.71. The number of para-hydroxylation sites is 1. The number of hydrogen-bond donors (Lipinski definition) is 1. The van der Waals surface area contributed by atoms with Crippen LogP contribution in [0.4, 0.5) is 5.69 Å². The SMILES string of the molecule is COc1cc(C(=S)N2C[C@@H](C)O[C@H](C)C2)cc(I)c1OCC(=O)Nc1ccccc1. The summed E-state index contributed by atoms with van der Waals surface area (Å²) in [4.78, 5) is 15.1. The largest absolute Gasteiger partial charge is 0.493 e. The van der Waals surface area contributed by atoms with Gasteiger partial charge in [-0.15, -0.1) is 0 Å². The summed E-state index contributed by atoms with van der Waals surface area (Å²) >= 11 is 7.92. The predicted octanol–water partition coefficient (Wildman–Crippen LogP) is 4.10. The molecule has 1 heterocycles. The average molecular weight is 540 g/mol. The number of amides is 1. The highest BCUT2D eigenvalue weighted by Gasteiger charge is 2.25. The molecule has 0 bridgehead atoms. The molecule has 1 amide bonds. The third-order valence-corrected chi connectivity index (χ3v) is 5.88. The quantitative estimate of drug-likeness (QED) is 0.440. The minimum absolute atomic E-state index is 0.121. The minimum Gasteiger partial charge on any atom is -0.493 e. The van der Waals surface area contributed by atoms with Crippen molar-refractivity contribution in [2.24, 2.45) is 0 Å². The van der Waals surface area contributed by atoms with Gasteiger partial charge in [-0.1, -0.05) is 30.4 Å². The molecule has 0 unspecified atom stereocenters. The lowest BCUT2D eigenvalue weighted by atomic mass is 10.1. The molecule has 30 heavy (non-hydrogen) atoms. The molecule has 1 fully saturated rings. The van der Waals surface area contributed by atoms with E-state index in [1.807, 2.05) is 56.3 Å². The van der Waals surface area contributed by atoms with E-state index < -0.39 is 0 Å². The van der Waals surface area contributed by atoms with Crippen LogP contribution in [0.3, 0.4) is 0 Å². The van der Waals surface area contributed by atoms with Crippen molar-refractivity contribution < 1.29 is 19.0 Å². The number of morpholine rings is 1. The van der Waals surface area contributed by atoms with Gasteiger partial charge in [0.15, 0.2) is 18.1 Å². The van der Waals surface area contributed by atoms with Gasteiger partial charge in [0.25, 0.3) is 5.91 Å². The van der Waals surface area contributed by atoms with Crippen LogP contribution in [0.15, 0.2) is 42.5 Å². The highest BCUT2D eigenvalue weighted by molar-refractivity contribution is 14.1. The first-order chi connectivity index (χ1) is 14.4. The Kier molecular flexibility index (Phi) is 7.90. The number of ether oxygens (including phenoxy) is 3. The first-order valence-corrected chi connectivity index (χ1v) is 11.2. The number of nitrogens with one attached hydrogen (secondary N) is 1. The zero-order valence-corrected chi connectivity index (χ0v) is 20.2. The Hall–Kier alpha value is -1.91. The van der Waals surface area contributed by atoms with E-state index in [9.17, 15) is 4.79 Å². The summed E-state index contributed by atoms with van der Waals surface area (Å²) in [6, 6.07) is 13.1. The van der Waals surface area contributed by atoms with Gasteiger partial charge in [0.2, 0.25) is 0 Å². The summed E-state index contributed by atoms with van der Waals surface area (Å²) in [7, 11) is 1.58. The molecule has 1 aliphatic rings. The molecule has 1 aliphatic heterocycles.